The highest BCUT2D eigenvalue weighted by molar-refractivity contribution is 6.40. The van der Waals surface area contributed by atoms with Gasteiger partial charge in [-0.1, -0.05) is 6.92 Å². The number of imide groups is 1. The topological polar surface area (TPSA) is 66.5 Å². The average Bonchev–Trinajstić information content (AvgIpc) is 2.86. The number of alkyl halides is 5. The van der Waals surface area contributed by atoms with Crippen molar-refractivity contribution in [2.45, 2.75) is 59.9 Å². The molecule has 1 heterocycles. The highest BCUT2D eigenvalue weighted by atomic mass is 35.5. The van der Waals surface area contributed by atoms with Crippen molar-refractivity contribution in [2.24, 2.45) is 17.8 Å². The Morgan fingerprint density at radius 3 is 2.07 bits per heavy atom. The quantitative estimate of drug-likeness (QED) is 0.519. The smallest absolute Gasteiger partial charge is 0.240 e. The van der Waals surface area contributed by atoms with E-state index in [1.54, 1.807) is 0 Å². The van der Waals surface area contributed by atoms with Crippen LogP contribution in [0.4, 0.5) is 4.39 Å². The number of halogens is 5. The van der Waals surface area contributed by atoms with Crippen LogP contribution in [-0.2, 0) is 14.4 Å². The molecular weight excluding hydrogens is 441 g/mol. The van der Waals surface area contributed by atoms with Crippen molar-refractivity contribution >= 4 is 64.1 Å². The molecule has 9 atom stereocenters. The Bertz CT molecular complexity index is 607. The lowest BCUT2D eigenvalue weighted by Crippen LogP contribution is -2.51. The second-order valence-corrected chi connectivity index (χ2v) is 9.67. The van der Waals surface area contributed by atoms with E-state index in [2.05, 4.69) is 5.32 Å². The maximum absolute atomic E-state index is 13.6. The van der Waals surface area contributed by atoms with Crippen LogP contribution in [-0.4, -0.2) is 62.9 Å². The summed E-state index contributed by atoms with van der Waals surface area (Å²) in [5, 5.41) is -0.511. The van der Waals surface area contributed by atoms with Crippen LogP contribution in [0.3, 0.4) is 0 Å². The Kier molecular flexibility index (Phi) is 6.51. The van der Waals surface area contributed by atoms with Crippen LogP contribution in [0.15, 0.2) is 0 Å². The number of amides is 3. The molecule has 3 aliphatic rings. The van der Waals surface area contributed by atoms with Gasteiger partial charge >= 0.3 is 0 Å². The van der Waals surface area contributed by atoms with Gasteiger partial charge in [0.1, 0.15) is 12.7 Å². The fraction of sp³-hybridized carbons (Fsp3) is 0.824. The van der Waals surface area contributed by atoms with E-state index < -0.39 is 63.8 Å². The molecule has 0 bridgehead atoms. The van der Waals surface area contributed by atoms with Gasteiger partial charge in [0.2, 0.25) is 17.7 Å². The van der Waals surface area contributed by atoms with Gasteiger partial charge in [-0.2, -0.15) is 0 Å². The molecule has 5 nitrogen and oxygen atoms in total. The first-order chi connectivity index (χ1) is 12.6. The molecule has 1 aliphatic heterocycles. The molecule has 9 unspecified atom stereocenters. The van der Waals surface area contributed by atoms with Crippen LogP contribution in [0.1, 0.15) is 26.2 Å². The molecule has 1 N–H and O–H groups in total. The number of rotatable bonds is 3. The Labute approximate surface area is 177 Å². The molecule has 1 saturated heterocycles. The SMILES string of the molecule is CC1CCC(F)CC1NC(=O)CN1C(=O)C2C(Cl)C(Cl)C(Cl)C(Cl)C2C1=O. The minimum absolute atomic E-state index is 0.127. The molecule has 0 aromatic carbocycles. The predicted octanol–water partition coefficient (Wildman–Crippen LogP) is 2.67. The average molecular weight is 462 g/mol. The third kappa shape index (κ3) is 3.92. The Hall–Kier alpha value is -0.300. The normalized spacial score (nSPS) is 45.0. The number of nitrogens with one attached hydrogen (secondary N) is 1. The summed E-state index contributed by atoms with van der Waals surface area (Å²) in [5.74, 6) is -3.34. The number of likely N-dealkylation sites (tertiary alicyclic amines) is 1. The molecule has 152 valence electrons. The van der Waals surface area contributed by atoms with Gasteiger partial charge in [-0.3, -0.25) is 19.3 Å². The summed E-state index contributed by atoms with van der Waals surface area (Å²) < 4.78 is 13.6. The van der Waals surface area contributed by atoms with Crippen LogP contribution >= 0.6 is 46.4 Å². The third-order valence-electron chi connectivity index (χ3n) is 5.87. The standard InChI is InChI=1S/C17H21Cl4FN2O3/c1-6-2-3-7(22)4-8(6)23-9(25)5-24-16(26)10-11(17(24)27)13(19)15(21)14(20)12(10)18/h6-8,10-15H,2-5H2,1H3,(H,23,25). The Balaban J connectivity index is 1.69. The van der Waals surface area contributed by atoms with Crippen LogP contribution in [0.2, 0.25) is 0 Å². The summed E-state index contributed by atoms with van der Waals surface area (Å²) in [7, 11) is 0. The van der Waals surface area contributed by atoms with E-state index >= 15 is 0 Å². The highest BCUT2D eigenvalue weighted by Crippen LogP contribution is 2.46. The minimum atomic E-state index is -0.959. The zero-order chi connectivity index (χ0) is 20.0. The maximum Gasteiger partial charge on any atom is 0.240 e. The van der Waals surface area contributed by atoms with Crippen molar-refractivity contribution in [3.8, 4) is 0 Å². The van der Waals surface area contributed by atoms with Gasteiger partial charge in [-0.25, -0.2) is 4.39 Å². The van der Waals surface area contributed by atoms with Gasteiger partial charge in [-0.05, 0) is 25.2 Å². The first-order valence-electron chi connectivity index (χ1n) is 8.98. The summed E-state index contributed by atoms with van der Waals surface area (Å²) >= 11 is 24.8. The number of carbonyl (C=O) groups is 3. The monoisotopic (exact) mass is 460 g/mol. The van der Waals surface area contributed by atoms with Crippen LogP contribution < -0.4 is 5.32 Å². The van der Waals surface area contributed by atoms with E-state index in [0.29, 0.717) is 12.8 Å². The molecule has 27 heavy (non-hydrogen) atoms. The lowest BCUT2D eigenvalue weighted by Gasteiger charge is -2.37. The van der Waals surface area contributed by atoms with E-state index in [1.165, 1.54) is 0 Å². The molecule has 3 amide bonds. The van der Waals surface area contributed by atoms with Crippen LogP contribution in [0.5, 0.6) is 0 Å². The minimum Gasteiger partial charge on any atom is -0.351 e. The van der Waals surface area contributed by atoms with E-state index in [4.69, 9.17) is 46.4 Å². The number of nitrogens with zero attached hydrogens (tertiary/aromatic N) is 1. The summed E-state index contributed by atoms with van der Waals surface area (Å²) in [4.78, 5) is 38.7. The Morgan fingerprint density at radius 2 is 1.56 bits per heavy atom. The van der Waals surface area contributed by atoms with Crippen molar-refractivity contribution < 1.29 is 18.8 Å². The van der Waals surface area contributed by atoms with Gasteiger partial charge in [0.25, 0.3) is 0 Å². The molecule has 0 spiro atoms. The van der Waals surface area contributed by atoms with Gasteiger partial charge in [0.05, 0.1) is 33.3 Å². The molecule has 2 saturated carbocycles. The number of hydrogen-bond acceptors (Lipinski definition) is 3. The maximum atomic E-state index is 13.6. The van der Waals surface area contributed by atoms with Crippen molar-refractivity contribution in [1.82, 2.24) is 10.2 Å². The fourth-order valence-corrected chi connectivity index (χ4v) is 5.83. The largest absolute Gasteiger partial charge is 0.351 e. The number of fused-ring (bicyclic) bond motifs is 1. The second-order valence-electron chi connectivity index (χ2n) is 7.65. The summed E-state index contributed by atoms with van der Waals surface area (Å²) in [6.45, 7) is 1.49. The molecule has 0 aromatic rings. The van der Waals surface area contributed by atoms with Crippen LogP contribution in [0, 0.1) is 17.8 Å². The first-order valence-corrected chi connectivity index (χ1v) is 10.7. The van der Waals surface area contributed by atoms with Crippen molar-refractivity contribution in [2.75, 3.05) is 6.54 Å². The van der Waals surface area contributed by atoms with Gasteiger partial charge in [0.15, 0.2) is 0 Å². The predicted molar refractivity (Wildman–Crippen MR) is 102 cm³/mol. The summed E-state index contributed by atoms with van der Waals surface area (Å²) in [6.07, 6.45) is 0.427. The zero-order valence-corrected chi connectivity index (χ0v) is 17.6. The Morgan fingerprint density at radius 1 is 1.04 bits per heavy atom. The van der Waals surface area contributed by atoms with E-state index in [0.717, 1.165) is 4.90 Å². The second kappa shape index (κ2) is 8.21. The molecular formula is C17H21Cl4FN2O3. The van der Waals surface area contributed by atoms with Gasteiger partial charge < -0.3 is 5.32 Å². The van der Waals surface area contributed by atoms with Crippen LogP contribution in [0.25, 0.3) is 0 Å². The highest BCUT2D eigenvalue weighted by Gasteiger charge is 2.60. The van der Waals surface area contributed by atoms with Gasteiger partial charge in [-0.15, -0.1) is 46.4 Å². The summed E-state index contributed by atoms with van der Waals surface area (Å²) in [6, 6.07) is -0.322. The number of hydrogen-bond donors (Lipinski definition) is 1. The van der Waals surface area contributed by atoms with Gasteiger partial charge in [0, 0.05) is 6.04 Å². The lowest BCUT2D eigenvalue weighted by molar-refractivity contribution is -0.143. The lowest BCUT2D eigenvalue weighted by atomic mass is 9.79. The van der Waals surface area contributed by atoms with E-state index in [1.807, 2.05) is 6.92 Å². The molecule has 0 aromatic heterocycles. The van der Waals surface area contributed by atoms with Crippen molar-refractivity contribution in [3.63, 3.8) is 0 Å². The third-order valence-corrected chi connectivity index (χ3v) is 8.43. The molecule has 2 aliphatic carbocycles. The van der Waals surface area contributed by atoms with E-state index in [9.17, 15) is 18.8 Å². The number of carbonyl (C=O) groups excluding carboxylic acids is 3. The van der Waals surface area contributed by atoms with Crippen molar-refractivity contribution in [3.05, 3.63) is 0 Å². The molecule has 3 fully saturated rings. The molecule has 0 radical (unpaired) electrons. The molecule has 10 heteroatoms. The molecule has 3 rings (SSSR count). The zero-order valence-electron chi connectivity index (χ0n) is 14.6. The van der Waals surface area contributed by atoms with Crippen molar-refractivity contribution in [1.29, 1.82) is 0 Å². The van der Waals surface area contributed by atoms with E-state index in [-0.39, 0.29) is 18.4 Å². The first kappa shape index (κ1) is 21.4. The fourth-order valence-electron chi connectivity index (χ4n) is 4.22. The summed E-state index contributed by atoms with van der Waals surface area (Å²) in [5.41, 5.74) is 0.